The molecule has 3 N–H and O–H groups in total. The van der Waals surface area contributed by atoms with Gasteiger partial charge in [0.05, 0.1) is 16.3 Å². The number of rotatable bonds is 4. The van der Waals surface area contributed by atoms with Crippen molar-refractivity contribution in [3.05, 3.63) is 18.2 Å². The van der Waals surface area contributed by atoms with Gasteiger partial charge in [-0.3, -0.25) is 0 Å². The van der Waals surface area contributed by atoms with Gasteiger partial charge in [0.2, 0.25) is 10.0 Å². The Hall–Kier alpha value is -1.27. The number of nitrogens with two attached hydrogens (primary N) is 1. The summed E-state index contributed by atoms with van der Waals surface area (Å²) in [5.74, 6) is 0. The Morgan fingerprint density at radius 1 is 1.47 bits per heavy atom. The second-order valence-corrected chi connectivity index (χ2v) is 6.71. The summed E-state index contributed by atoms with van der Waals surface area (Å²) in [6, 6.07) is 5.47. The quantitative estimate of drug-likeness (QED) is 0.822. The number of nitrogens with zero attached hydrogens (tertiary/aromatic N) is 1. The van der Waals surface area contributed by atoms with Gasteiger partial charge in [-0.05, 0) is 44.5 Å². The van der Waals surface area contributed by atoms with Crippen LogP contribution in [0.3, 0.4) is 0 Å². The fraction of sp³-hybridized carbons (Fsp3) is 0.538. The fourth-order valence-electron chi connectivity index (χ4n) is 2.66. The molecule has 5 nitrogen and oxygen atoms in total. The lowest BCUT2D eigenvalue weighted by atomic mass is 10.1. The van der Waals surface area contributed by atoms with Gasteiger partial charge in [-0.1, -0.05) is 6.92 Å². The second kappa shape index (κ2) is 5.38. The van der Waals surface area contributed by atoms with Crippen LogP contribution >= 0.6 is 0 Å². The average Bonchev–Trinajstić information content (AvgIpc) is 2.86. The number of nitrogen functional groups attached to an aromatic ring is 1. The van der Waals surface area contributed by atoms with Crippen molar-refractivity contribution in [2.24, 2.45) is 0 Å². The Kier molecular flexibility index (Phi) is 4.01. The van der Waals surface area contributed by atoms with Gasteiger partial charge in [-0.25, -0.2) is 13.1 Å². The predicted octanol–water partition coefficient (Wildman–Crippen LogP) is 1.56. The summed E-state index contributed by atoms with van der Waals surface area (Å²) >= 11 is 0. The molecule has 1 aliphatic rings. The van der Waals surface area contributed by atoms with Crippen LogP contribution in [0.2, 0.25) is 0 Å². The van der Waals surface area contributed by atoms with Crippen molar-refractivity contribution in [3.8, 4) is 0 Å². The lowest BCUT2D eigenvalue weighted by Crippen LogP contribution is -2.29. The zero-order chi connectivity index (χ0) is 14.0. The van der Waals surface area contributed by atoms with E-state index in [1.54, 1.807) is 6.07 Å². The van der Waals surface area contributed by atoms with E-state index in [-0.39, 0.29) is 4.90 Å². The third-order valence-electron chi connectivity index (χ3n) is 3.74. The van der Waals surface area contributed by atoms with E-state index >= 15 is 0 Å². The molecule has 6 heteroatoms. The molecule has 0 amide bonds. The first kappa shape index (κ1) is 14.1. The molecule has 19 heavy (non-hydrogen) atoms. The first-order valence-electron chi connectivity index (χ1n) is 6.59. The molecule has 1 aromatic carbocycles. The first-order chi connectivity index (χ1) is 8.99. The maximum absolute atomic E-state index is 11.7. The minimum absolute atomic E-state index is 0.212. The molecule has 0 aromatic heterocycles. The molecule has 0 saturated carbocycles. The molecule has 0 radical (unpaired) electrons. The van der Waals surface area contributed by atoms with E-state index in [4.69, 9.17) is 5.73 Å². The summed E-state index contributed by atoms with van der Waals surface area (Å²) in [5.41, 5.74) is 7.50. The smallest absolute Gasteiger partial charge is 0.240 e. The zero-order valence-corrected chi connectivity index (χ0v) is 12.2. The molecule has 0 bridgehead atoms. The second-order valence-electron chi connectivity index (χ2n) is 4.83. The van der Waals surface area contributed by atoms with Crippen LogP contribution in [0.25, 0.3) is 0 Å². The maximum Gasteiger partial charge on any atom is 0.240 e. The lowest BCUT2D eigenvalue weighted by Gasteiger charge is -2.27. The van der Waals surface area contributed by atoms with Crippen LogP contribution in [0.5, 0.6) is 0 Å². The number of benzene rings is 1. The summed E-state index contributed by atoms with van der Waals surface area (Å²) in [6.45, 7) is 3.15. The highest BCUT2D eigenvalue weighted by Gasteiger charge is 2.25. The van der Waals surface area contributed by atoms with Crippen molar-refractivity contribution in [1.82, 2.24) is 4.72 Å². The normalized spacial score (nSPS) is 19.9. The molecule has 1 aromatic rings. The SMILES string of the molecule is CCC1CCCN1c1ccc(S(=O)(=O)NC)cc1N. The first-order valence-corrected chi connectivity index (χ1v) is 8.07. The molecule has 1 heterocycles. The maximum atomic E-state index is 11.7. The van der Waals surface area contributed by atoms with Crippen LogP contribution in [0, 0.1) is 0 Å². The molecular formula is C13H21N3O2S. The van der Waals surface area contributed by atoms with Gasteiger partial charge in [0.25, 0.3) is 0 Å². The van der Waals surface area contributed by atoms with E-state index in [0.29, 0.717) is 11.7 Å². The highest BCUT2D eigenvalue weighted by Crippen LogP contribution is 2.32. The molecule has 0 aliphatic carbocycles. The summed E-state index contributed by atoms with van der Waals surface area (Å²) in [6.07, 6.45) is 3.41. The highest BCUT2D eigenvalue weighted by molar-refractivity contribution is 7.89. The molecule has 1 aliphatic heterocycles. The molecule has 1 atom stereocenters. The number of sulfonamides is 1. The van der Waals surface area contributed by atoms with Gasteiger partial charge in [-0.15, -0.1) is 0 Å². The third kappa shape index (κ3) is 2.69. The van der Waals surface area contributed by atoms with Crippen molar-refractivity contribution < 1.29 is 8.42 Å². The van der Waals surface area contributed by atoms with Crippen LogP contribution < -0.4 is 15.4 Å². The van der Waals surface area contributed by atoms with Gasteiger partial charge >= 0.3 is 0 Å². The van der Waals surface area contributed by atoms with E-state index in [1.165, 1.54) is 19.5 Å². The number of hydrogen-bond donors (Lipinski definition) is 2. The molecule has 1 unspecified atom stereocenters. The lowest BCUT2D eigenvalue weighted by molar-refractivity contribution is 0.588. The molecule has 2 rings (SSSR count). The average molecular weight is 283 g/mol. The minimum atomic E-state index is -3.43. The topological polar surface area (TPSA) is 75.4 Å². The standard InChI is InChI=1S/C13H21N3O2S/c1-3-10-5-4-8-16(10)13-7-6-11(9-12(13)14)19(17,18)15-2/h6-7,9-10,15H,3-5,8,14H2,1-2H3. The van der Waals surface area contributed by atoms with Gasteiger partial charge < -0.3 is 10.6 Å². The van der Waals surface area contributed by atoms with E-state index in [0.717, 1.165) is 25.1 Å². The van der Waals surface area contributed by atoms with Gasteiger partial charge in [-0.2, -0.15) is 0 Å². The Balaban J connectivity index is 2.35. The van der Waals surface area contributed by atoms with Crippen molar-refractivity contribution >= 4 is 21.4 Å². The fourth-order valence-corrected chi connectivity index (χ4v) is 3.42. The Morgan fingerprint density at radius 2 is 2.21 bits per heavy atom. The summed E-state index contributed by atoms with van der Waals surface area (Å²) in [4.78, 5) is 2.49. The molecule has 1 saturated heterocycles. The van der Waals surface area contributed by atoms with Crippen LogP contribution in [-0.4, -0.2) is 28.1 Å². The van der Waals surface area contributed by atoms with Crippen LogP contribution in [0.4, 0.5) is 11.4 Å². The van der Waals surface area contributed by atoms with E-state index in [1.807, 2.05) is 6.07 Å². The number of nitrogens with one attached hydrogen (secondary N) is 1. The van der Waals surface area contributed by atoms with E-state index in [2.05, 4.69) is 16.5 Å². The van der Waals surface area contributed by atoms with E-state index < -0.39 is 10.0 Å². The largest absolute Gasteiger partial charge is 0.397 e. The molecule has 106 valence electrons. The molecule has 0 spiro atoms. The minimum Gasteiger partial charge on any atom is -0.397 e. The van der Waals surface area contributed by atoms with Crippen molar-refractivity contribution in [3.63, 3.8) is 0 Å². The van der Waals surface area contributed by atoms with Gasteiger partial charge in [0.1, 0.15) is 0 Å². The van der Waals surface area contributed by atoms with Crippen LogP contribution in [0.15, 0.2) is 23.1 Å². The third-order valence-corrected chi connectivity index (χ3v) is 5.15. The van der Waals surface area contributed by atoms with Crippen LogP contribution in [0.1, 0.15) is 26.2 Å². The molecule has 1 fully saturated rings. The zero-order valence-electron chi connectivity index (χ0n) is 11.4. The van der Waals surface area contributed by atoms with Crippen LogP contribution in [-0.2, 0) is 10.0 Å². The summed E-state index contributed by atoms with van der Waals surface area (Å²) < 4.78 is 25.7. The Bertz CT molecular complexity index is 557. The number of hydrogen-bond acceptors (Lipinski definition) is 4. The van der Waals surface area contributed by atoms with Gasteiger partial charge in [0.15, 0.2) is 0 Å². The predicted molar refractivity (Wildman–Crippen MR) is 77.8 cm³/mol. The van der Waals surface area contributed by atoms with E-state index in [9.17, 15) is 8.42 Å². The van der Waals surface area contributed by atoms with Crippen molar-refractivity contribution in [2.45, 2.75) is 37.1 Å². The number of anilines is 2. The Morgan fingerprint density at radius 3 is 2.79 bits per heavy atom. The van der Waals surface area contributed by atoms with Gasteiger partial charge in [0, 0.05) is 12.6 Å². The summed E-state index contributed by atoms with van der Waals surface area (Å²) in [5, 5.41) is 0. The van der Waals surface area contributed by atoms with Crippen molar-refractivity contribution in [1.29, 1.82) is 0 Å². The summed E-state index contributed by atoms with van der Waals surface area (Å²) in [7, 11) is -2.03. The Labute approximate surface area is 114 Å². The monoisotopic (exact) mass is 283 g/mol. The highest BCUT2D eigenvalue weighted by atomic mass is 32.2. The molecular weight excluding hydrogens is 262 g/mol. The van der Waals surface area contributed by atoms with Crippen molar-refractivity contribution in [2.75, 3.05) is 24.2 Å².